The smallest absolute Gasteiger partial charge is 0.339 e. The number of Topliss-reactive ketones (excluding diaryl/α,β-unsaturated/α-hetero) is 1. The Morgan fingerprint density at radius 2 is 1.56 bits per heavy atom. The van der Waals surface area contributed by atoms with Crippen LogP contribution in [-0.2, 0) is 4.74 Å². The molecule has 0 fully saturated rings. The van der Waals surface area contributed by atoms with Crippen LogP contribution in [0.5, 0.6) is 0 Å². The molecule has 7 nitrogen and oxygen atoms in total. The van der Waals surface area contributed by atoms with Crippen LogP contribution >= 0.6 is 27.5 Å². The van der Waals surface area contributed by atoms with Crippen molar-refractivity contribution < 1.29 is 28.3 Å². The molecule has 43 heavy (non-hydrogen) atoms. The molecule has 212 valence electrons. The molecule has 6 rings (SSSR count). The zero-order valence-corrected chi connectivity index (χ0v) is 24.7. The van der Waals surface area contributed by atoms with Crippen LogP contribution in [0.1, 0.15) is 47.0 Å². The minimum atomic E-state index is -0.764. The highest BCUT2D eigenvalue weighted by molar-refractivity contribution is 9.10. The van der Waals surface area contributed by atoms with Crippen LogP contribution in [0.25, 0.3) is 22.2 Å². The summed E-state index contributed by atoms with van der Waals surface area (Å²) in [5.74, 6) is -2.56. The number of hydrogen-bond acceptors (Lipinski definition) is 6. The number of ether oxygens (including phenoxy) is 1. The number of nitrogens with zero attached hydrogens (tertiary/aromatic N) is 2. The molecule has 10 heteroatoms. The zero-order valence-electron chi connectivity index (χ0n) is 22.4. The third kappa shape index (κ3) is 5.11. The fraction of sp³-hybridized carbons (Fsp3) is 0.0606. The Balaban J connectivity index is 1.34. The van der Waals surface area contributed by atoms with Crippen molar-refractivity contribution in [3.05, 3.63) is 128 Å². The van der Waals surface area contributed by atoms with Crippen molar-refractivity contribution in [2.45, 2.75) is 6.92 Å². The van der Waals surface area contributed by atoms with Gasteiger partial charge in [-0.1, -0.05) is 35.9 Å². The summed E-state index contributed by atoms with van der Waals surface area (Å²) in [5, 5.41) is 0.878. The summed E-state index contributed by atoms with van der Waals surface area (Å²) in [6.07, 6.45) is 0. The second kappa shape index (κ2) is 11.2. The van der Waals surface area contributed by atoms with Crippen LogP contribution in [0.15, 0.2) is 89.4 Å². The molecule has 4 aromatic carbocycles. The molecule has 0 bridgehead atoms. The molecule has 0 saturated carbocycles. The lowest BCUT2D eigenvalue weighted by atomic mass is 10.0. The largest absolute Gasteiger partial charge is 0.454 e. The van der Waals surface area contributed by atoms with Crippen LogP contribution in [0, 0.1) is 12.7 Å². The van der Waals surface area contributed by atoms with E-state index in [0.29, 0.717) is 54.0 Å². The number of aryl methyl sites for hydroxylation is 1. The van der Waals surface area contributed by atoms with Gasteiger partial charge in [-0.25, -0.2) is 19.1 Å². The summed E-state index contributed by atoms with van der Waals surface area (Å²) in [6.45, 7) is 1.22. The van der Waals surface area contributed by atoms with Crippen LogP contribution in [0.4, 0.5) is 10.1 Å². The maximum atomic E-state index is 13.4. The molecule has 1 aliphatic rings. The van der Waals surface area contributed by atoms with E-state index in [0.717, 1.165) is 17.0 Å². The number of esters is 1. The van der Waals surface area contributed by atoms with Crippen molar-refractivity contribution in [1.29, 1.82) is 0 Å². The maximum Gasteiger partial charge on any atom is 0.339 e. The third-order valence-corrected chi connectivity index (χ3v) is 8.50. The lowest BCUT2D eigenvalue weighted by Gasteiger charge is -2.15. The van der Waals surface area contributed by atoms with E-state index in [1.807, 2.05) is 0 Å². The fourth-order valence-electron chi connectivity index (χ4n) is 4.91. The highest BCUT2D eigenvalue weighted by Crippen LogP contribution is 2.36. The van der Waals surface area contributed by atoms with Crippen LogP contribution in [0.3, 0.4) is 0 Å². The molecular formula is C33H19BrClFN2O5. The maximum absolute atomic E-state index is 13.4. The average molecular weight is 658 g/mol. The normalized spacial score (nSPS) is 12.5. The summed E-state index contributed by atoms with van der Waals surface area (Å²) < 4.78 is 19.2. The van der Waals surface area contributed by atoms with Gasteiger partial charge in [0.1, 0.15) is 5.82 Å². The second-order valence-corrected chi connectivity index (χ2v) is 11.0. The molecule has 2 heterocycles. The first-order valence-electron chi connectivity index (χ1n) is 13.0. The van der Waals surface area contributed by atoms with Gasteiger partial charge in [0.2, 0.25) is 0 Å². The quantitative estimate of drug-likeness (QED) is 0.106. The first kappa shape index (κ1) is 28.4. The molecule has 0 spiro atoms. The zero-order chi connectivity index (χ0) is 30.4. The summed E-state index contributed by atoms with van der Waals surface area (Å²) in [4.78, 5) is 57.7. The van der Waals surface area contributed by atoms with Crippen molar-refractivity contribution >= 4 is 67.7 Å². The summed E-state index contributed by atoms with van der Waals surface area (Å²) in [7, 11) is 0. The number of benzene rings is 4. The molecule has 0 unspecified atom stereocenters. The first-order valence-corrected chi connectivity index (χ1v) is 14.1. The van der Waals surface area contributed by atoms with Crippen LogP contribution < -0.4 is 4.90 Å². The van der Waals surface area contributed by atoms with Gasteiger partial charge in [-0.15, -0.1) is 0 Å². The lowest BCUT2D eigenvalue weighted by Crippen LogP contribution is -2.29. The van der Waals surface area contributed by atoms with Gasteiger partial charge in [-0.05, 0) is 89.1 Å². The topological polar surface area (TPSA) is 93.6 Å². The standard InChI is InChI=1S/C33H19BrClFN2O5/c1-17-29(35)26(34)14-24-25(33(42)43-16-28(39)19-6-10-20(36)11-7-19)15-27(37-30(17)24)18-8-12-21(13-9-18)38-31(40)22-4-2-3-5-23(22)32(38)41/h2-15H,16H2,1H3. The summed E-state index contributed by atoms with van der Waals surface area (Å²) in [6, 6.07) is 21.4. The minimum Gasteiger partial charge on any atom is -0.454 e. The number of ketones is 1. The molecule has 0 atom stereocenters. The molecule has 0 N–H and O–H groups in total. The third-order valence-electron chi connectivity index (χ3n) is 7.16. The number of amides is 2. The summed E-state index contributed by atoms with van der Waals surface area (Å²) in [5.41, 5.74) is 3.49. The number of anilines is 1. The van der Waals surface area contributed by atoms with E-state index in [1.54, 1.807) is 67.6 Å². The van der Waals surface area contributed by atoms with E-state index in [-0.39, 0.29) is 11.1 Å². The van der Waals surface area contributed by atoms with Crippen molar-refractivity contribution in [2.75, 3.05) is 11.5 Å². The van der Waals surface area contributed by atoms with Gasteiger partial charge in [-0.2, -0.15) is 0 Å². The van der Waals surface area contributed by atoms with E-state index in [2.05, 4.69) is 15.9 Å². The van der Waals surface area contributed by atoms with Gasteiger partial charge in [0, 0.05) is 21.0 Å². The molecule has 5 aromatic rings. The number of rotatable bonds is 6. The lowest BCUT2D eigenvalue weighted by molar-refractivity contribution is 0.0476. The Hall–Kier alpha value is -4.73. The van der Waals surface area contributed by atoms with Gasteiger partial charge >= 0.3 is 5.97 Å². The molecule has 0 saturated heterocycles. The van der Waals surface area contributed by atoms with Gasteiger partial charge < -0.3 is 4.74 Å². The predicted octanol–water partition coefficient (Wildman–Crippen LogP) is 7.61. The van der Waals surface area contributed by atoms with E-state index in [9.17, 15) is 23.6 Å². The highest BCUT2D eigenvalue weighted by Gasteiger charge is 2.36. The van der Waals surface area contributed by atoms with Gasteiger partial charge in [0.25, 0.3) is 11.8 Å². The number of halogens is 3. The Kier molecular flexibility index (Phi) is 7.37. The number of carbonyl (C=O) groups is 4. The Labute approximate surface area is 258 Å². The molecule has 1 aliphatic heterocycles. The number of carbonyl (C=O) groups excluding carboxylic acids is 4. The van der Waals surface area contributed by atoms with Crippen LogP contribution in [-0.4, -0.2) is 35.2 Å². The van der Waals surface area contributed by atoms with Gasteiger partial charge in [0.15, 0.2) is 12.4 Å². The van der Waals surface area contributed by atoms with Gasteiger partial charge in [-0.3, -0.25) is 14.4 Å². The number of hydrogen-bond donors (Lipinski definition) is 0. The van der Waals surface area contributed by atoms with Gasteiger partial charge in [0.05, 0.1) is 38.6 Å². The SMILES string of the molecule is Cc1c(Cl)c(Br)cc2c(C(=O)OCC(=O)c3ccc(F)cc3)cc(-c3ccc(N4C(=O)c5ccccc5C4=O)cc3)nc12. The Morgan fingerprint density at radius 1 is 0.930 bits per heavy atom. The predicted molar refractivity (Wildman–Crippen MR) is 163 cm³/mol. The van der Waals surface area contributed by atoms with Crippen molar-refractivity contribution in [3.63, 3.8) is 0 Å². The fourth-order valence-corrected chi connectivity index (χ4v) is 5.58. The highest BCUT2D eigenvalue weighted by atomic mass is 79.9. The van der Waals surface area contributed by atoms with Crippen molar-refractivity contribution in [2.24, 2.45) is 0 Å². The monoisotopic (exact) mass is 656 g/mol. The molecular weight excluding hydrogens is 639 g/mol. The number of aromatic nitrogens is 1. The molecule has 0 radical (unpaired) electrons. The Morgan fingerprint density at radius 3 is 2.19 bits per heavy atom. The Bertz CT molecular complexity index is 1960. The first-order chi connectivity index (χ1) is 20.6. The van der Waals surface area contributed by atoms with Crippen molar-refractivity contribution in [1.82, 2.24) is 4.98 Å². The minimum absolute atomic E-state index is 0.150. The number of imide groups is 1. The second-order valence-electron chi connectivity index (χ2n) is 9.79. The van der Waals surface area contributed by atoms with Crippen molar-refractivity contribution in [3.8, 4) is 11.3 Å². The summed E-state index contributed by atoms with van der Waals surface area (Å²) >= 11 is 9.90. The molecule has 1 aromatic heterocycles. The van der Waals surface area contributed by atoms with E-state index >= 15 is 0 Å². The number of fused-ring (bicyclic) bond motifs is 2. The van der Waals surface area contributed by atoms with E-state index in [1.165, 1.54) is 12.1 Å². The van der Waals surface area contributed by atoms with E-state index < -0.39 is 36.0 Å². The molecule has 2 amide bonds. The molecule has 0 aliphatic carbocycles. The van der Waals surface area contributed by atoms with Crippen LogP contribution in [0.2, 0.25) is 5.02 Å². The van der Waals surface area contributed by atoms with E-state index in [4.69, 9.17) is 21.3 Å². The average Bonchev–Trinajstić information content (AvgIpc) is 3.28. The number of pyridine rings is 1.